The van der Waals surface area contributed by atoms with Gasteiger partial charge in [-0.25, -0.2) is 12.7 Å². The Morgan fingerprint density at radius 2 is 2.14 bits per heavy atom. The Hall–Kier alpha value is -1.38. The van der Waals surface area contributed by atoms with Crippen molar-refractivity contribution in [3.63, 3.8) is 0 Å². The smallest absolute Gasteiger partial charge is 0.275 e. The Bertz CT molecular complexity index is 680. The summed E-state index contributed by atoms with van der Waals surface area (Å²) in [7, 11) is -0.850. The van der Waals surface area contributed by atoms with Gasteiger partial charge in [-0.2, -0.15) is 0 Å². The monoisotopic (exact) mass is 329 g/mol. The average molecular weight is 329 g/mol. The molecule has 7 nitrogen and oxygen atoms in total. The van der Waals surface area contributed by atoms with Gasteiger partial charge in [-0.05, 0) is 25.3 Å². The molecule has 0 spiro atoms. The Kier molecular flexibility index (Phi) is 4.38. The van der Waals surface area contributed by atoms with E-state index in [9.17, 15) is 13.2 Å². The minimum Gasteiger partial charge on any atom is -0.448 e. The summed E-state index contributed by atoms with van der Waals surface area (Å²) in [6.07, 6.45) is 0.842. The van der Waals surface area contributed by atoms with Crippen LogP contribution < -0.4 is 5.73 Å². The molecule has 1 aliphatic heterocycles. The molecule has 2 rings (SSSR count). The third-order valence-corrected chi connectivity index (χ3v) is 5.87. The molecule has 0 bridgehead atoms. The molecule has 8 heteroatoms. The van der Waals surface area contributed by atoms with Crippen molar-refractivity contribution in [1.82, 2.24) is 9.21 Å². The lowest BCUT2D eigenvalue weighted by atomic mass is 9.90. The number of sulfonamides is 1. The number of likely N-dealkylation sites (tertiary alicyclic amines) is 1. The Balaban J connectivity index is 2.28. The summed E-state index contributed by atoms with van der Waals surface area (Å²) < 4.78 is 30.5. The number of nitrogens with two attached hydrogens (primary N) is 1. The van der Waals surface area contributed by atoms with Crippen LogP contribution in [0.5, 0.6) is 0 Å². The topological polar surface area (TPSA) is 96.8 Å². The maximum Gasteiger partial charge on any atom is 0.275 e. The third-order valence-electron chi connectivity index (χ3n) is 4.20. The molecule has 1 unspecified atom stereocenters. The van der Waals surface area contributed by atoms with E-state index >= 15 is 0 Å². The van der Waals surface area contributed by atoms with Crippen LogP contribution in [0.25, 0.3) is 0 Å². The highest BCUT2D eigenvalue weighted by Crippen LogP contribution is 2.31. The van der Waals surface area contributed by atoms with Crippen molar-refractivity contribution in [3.05, 3.63) is 17.4 Å². The SMILES string of the molecule is Cc1oc(S(=O)(=O)N(C)C)cc1C(=O)N1CCC(C)(CN)C1. The molecule has 1 aliphatic rings. The van der Waals surface area contributed by atoms with Crippen LogP contribution in [-0.4, -0.2) is 57.3 Å². The molecule has 2 N–H and O–H groups in total. The van der Waals surface area contributed by atoms with E-state index in [1.165, 1.54) is 20.2 Å². The van der Waals surface area contributed by atoms with Gasteiger partial charge in [0.25, 0.3) is 15.9 Å². The van der Waals surface area contributed by atoms with Crippen LogP contribution in [0.15, 0.2) is 15.6 Å². The van der Waals surface area contributed by atoms with E-state index in [2.05, 4.69) is 0 Å². The number of aryl methyl sites for hydroxylation is 1. The normalized spacial score (nSPS) is 22.5. The lowest BCUT2D eigenvalue weighted by molar-refractivity contribution is 0.0775. The van der Waals surface area contributed by atoms with Crippen molar-refractivity contribution in [2.24, 2.45) is 11.1 Å². The first kappa shape index (κ1) is 17.0. The summed E-state index contributed by atoms with van der Waals surface area (Å²) >= 11 is 0. The van der Waals surface area contributed by atoms with Crippen LogP contribution in [0.4, 0.5) is 0 Å². The number of furan rings is 1. The Morgan fingerprint density at radius 1 is 1.50 bits per heavy atom. The van der Waals surface area contributed by atoms with Crippen molar-refractivity contribution in [3.8, 4) is 0 Å². The molecule has 0 aliphatic carbocycles. The fraction of sp³-hybridized carbons (Fsp3) is 0.643. The van der Waals surface area contributed by atoms with Crippen LogP contribution in [0, 0.1) is 12.3 Å². The molecule has 0 aromatic carbocycles. The number of rotatable bonds is 4. The minimum absolute atomic E-state index is 0.0775. The van der Waals surface area contributed by atoms with E-state index < -0.39 is 10.0 Å². The quantitative estimate of drug-likeness (QED) is 0.875. The maximum atomic E-state index is 12.6. The van der Waals surface area contributed by atoms with Crippen LogP contribution in [0.2, 0.25) is 0 Å². The molecule has 0 radical (unpaired) electrons. The summed E-state index contributed by atoms with van der Waals surface area (Å²) in [6, 6.07) is 1.31. The molecular formula is C14H23N3O4S. The third kappa shape index (κ3) is 2.90. The molecule has 22 heavy (non-hydrogen) atoms. The molecule has 2 heterocycles. The van der Waals surface area contributed by atoms with Crippen LogP contribution in [-0.2, 0) is 10.0 Å². The number of amides is 1. The van der Waals surface area contributed by atoms with Gasteiger partial charge in [-0.15, -0.1) is 0 Å². The highest BCUT2D eigenvalue weighted by Gasteiger charge is 2.36. The molecule has 0 saturated carbocycles. The molecule has 1 amide bonds. The number of nitrogens with zero attached hydrogens (tertiary/aromatic N) is 2. The number of hydrogen-bond donors (Lipinski definition) is 1. The maximum absolute atomic E-state index is 12.6. The summed E-state index contributed by atoms with van der Waals surface area (Å²) in [4.78, 5) is 14.3. The van der Waals surface area contributed by atoms with Gasteiger partial charge in [-0.3, -0.25) is 4.79 Å². The second kappa shape index (κ2) is 5.68. The van der Waals surface area contributed by atoms with Gasteiger partial charge in [0.1, 0.15) is 5.76 Å². The van der Waals surface area contributed by atoms with E-state index in [4.69, 9.17) is 10.2 Å². The van der Waals surface area contributed by atoms with Gasteiger partial charge in [0.2, 0.25) is 5.09 Å². The largest absolute Gasteiger partial charge is 0.448 e. The first-order valence-electron chi connectivity index (χ1n) is 7.13. The zero-order valence-electron chi connectivity index (χ0n) is 13.4. The minimum atomic E-state index is -3.69. The molecule has 1 aromatic rings. The summed E-state index contributed by atoms with van der Waals surface area (Å²) in [6.45, 7) is 5.35. The lowest BCUT2D eigenvalue weighted by Crippen LogP contribution is -2.34. The van der Waals surface area contributed by atoms with Gasteiger partial charge in [0, 0.05) is 33.3 Å². The van der Waals surface area contributed by atoms with Crippen molar-refractivity contribution >= 4 is 15.9 Å². The highest BCUT2D eigenvalue weighted by molar-refractivity contribution is 7.88. The number of hydrogen-bond acceptors (Lipinski definition) is 5. The van der Waals surface area contributed by atoms with Crippen LogP contribution in [0.1, 0.15) is 29.5 Å². The molecular weight excluding hydrogens is 306 g/mol. The molecule has 1 atom stereocenters. The fourth-order valence-corrected chi connectivity index (χ4v) is 3.37. The first-order chi connectivity index (χ1) is 10.1. The van der Waals surface area contributed by atoms with Crippen LogP contribution in [0.3, 0.4) is 0 Å². The van der Waals surface area contributed by atoms with Gasteiger partial charge in [0.05, 0.1) is 5.56 Å². The van der Waals surface area contributed by atoms with Crippen molar-refractivity contribution < 1.29 is 17.6 Å². The van der Waals surface area contributed by atoms with E-state index in [-0.39, 0.29) is 16.4 Å². The Labute approximate surface area is 131 Å². The van der Waals surface area contributed by atoms with E-state index in [0.29, 0.717) is 31.0 Å². The standard InChI is InChI=1S/C14H23N3O4S/c1-10-11(7-12(21-10)22(19,20)16(3)4)13(18)17-6-5-14(2,8-15)9-17/h7H,5-6,8-9,15H2,1-4H3. The van der Waals surface area contributed by atoms with Crippen molar-refractivity contribution in [2.45, 2.75) is 25.4 Å². The summed E-state index contributed by atoms with van der Waals surface area (Å²) in [5.41, 5.74) is 5.97. The van der Waals surface area contributed by atoms with Crippen LogP contribution >= 0.6 is 0 Å². The van der Waals surface area contributed by atoms with E-state index in [1.54, 1.807) is 11.8 Å². The second-order valence-corrected chi connectivity index (χ2v) is 8.40. The number of carbonyl (C=O) groups excluding carboxylic acids is 1. The average Bonchev–Trinajstić information content (AvgIpc) is 3.03. The summed E-state index contributed by atoms with van der Waals surface area (Å²) in [5, 5.41) is -0.209. The predicted molar refractivity (Wildman–Crippen MR) is 82.0 cm³/mol. The van der Waals surface area contributed by atoms with E-state index in [0.717, 1.165) is 10.7 Å². The zero-order valence-corrected chi connectivity index (χ0v) is 14.2. The van der Waals surface area contributed by atoms with Gasteiger partial charge in [0.15, 0.2) is 0 Å². The zero-order chi connectivity index (χ0) is 16.7. The fourth-order valence-electron chi connectivity index (χ4n) is 2.51. The molecule has 1 saturated heterocycles. The molecule has 124 valence electrons. The van der Waals surface area contributed by atoms with Gasteiger partial charge < -0.3 is 15.1 Å². The van der Waals surface area contributed by atoms with Crippen molar-refractivity contribution in [1.29, 1.82) is 0 Å². The highest BCUT2D eigenvalue weighted by atomic mass is 32.2. The molecule has 1 fully saturated rings. The number of carbonyl (C=O) groups is 1. The second-order valence-electron chi connectivity index (χ2n) is 6.31. The predicted octanol–water partition coefficient (Wildman–Crippen LogP) is 0.649. The molecule has 1 aromatic heterocycles. The Morgan fingerprint density at radius 3 is 2.64 bits per heavy atom. The van der Waals surface area contributed by atoms with Gasteiger partial charge in [-0.1, -0.05) is 6.92 Å². The van der Waals surface area contributed by atoms with Gasteiger partial charge >= 0.3 is 0 Å². The van der Waals surface area contributed by atoms with E-state index in [1.807, 2.05) is 6.92 Å². The van der Waals surface area contributed by atoms with Crippen molar-refractivity contribution in [2.75, 3.05) is 33.7 Å². The summed E-state index contributed by atoms with van der Waals surface area (Å²) in [5.74, 6) is 0.102. The first-order valence-corrected chi connectivity index (χ1v) is 8.57. The lowest BCUT2D eigenvalue weighted by Gasteiger charge is -2.22.